The number of nitrogens with two attached hydrogens (primary N) is 1. The highest BCUT2D eigenvalue weighted by atomic mass is 35.5. The zero-order chi connectivity index (χ0) is 13.0. The smallest absolute Gasteiger partial charge is 0.123 e. The minimum Gasteiger partial charge on any atom is -0.384 e. The molecule has 2 rings (SSSR count). The lowest BCUT2D eigenvalue weighted by Crippen LogP contribution is -2.33. The van der Waals surface area contributed by atoms with E-state index in [2.05, 4.69) is 16.9 Å². The predicted octanol–water partition coefficient (Wildman–Crippen LogP) is 2.32. The summed E-state index contributed by atoms with van der Waals surface area (Å²) in [4.78, 5) is 6.45. The first-order valence-corrected chi connectivity index (χ1v) is 6.74. The third-order valence-corrected chi connectivity index (χ3v) is 3.49. The van der Waals surface area contributed by atoms with Crippen LogP contribution >= 0.6 is 11.6 Å². The van der Waals surface area contributed by atoms with Crippen LogP contribution in [-0.2, 0) is 11.3 Å². The van der Waals surface area contributed by atoms with Gasteiger partial charge in [0.2, 0.25) is 0 Å². The van der Waals surface area contributed by atoms with Gasteiger partial charge in [-0.1, -0.05) is 11.6 Å². The van der Waals surface area contributed by atoms with Crippen LogP contribution in [0.25, 0.3) is 0 Å². The van der Waals surface area contributed by atoms with E-state index in [0.29, 0.717) is 23.5 Å². The molecule has 1 aromatic rings. The number of ether oxygens (including phenoxy) is 1. The second-order valence-corrected chi connectivity index (χ2v) is 5.26. The zero-order valence-corrected chi connectivity index (χ0v) is 11.5. The Bertz CT molecular complexity index is 394. The number of nitrogen functional groups attached to an aromatic ring is 1. The maximum atomic E-state index is 6.11. The van der Waals surface area contributed by atoms with Crippen LogP contribution in [0.5, 0.6) is 0 Å². The van der Waals surface area contributed by atoms with Crippen molar-refractivity contribution in [1.29, 1.82) is 0 Å². The van der Waals surface area contributed by atoms with Gasteiger partial charge in [0.15, 0.2) is 0 Å². The van der Waals surface area contributed by atoms with Gasteiger partial charge in [-0.05, 0) is 38.4 Å². The van der Waals surface area contributed by atoms with Crippen molar-refractivity contribution in [2.75, 3.05) is 25.9 Å². The van der Waals surface area contributed by atoms with E-state index in [0.717, 1.165) is 25.3 Å². The largest absolute Gasteiger partial charge is 0.384 e. The van der Waals surface area contributed by atoms with E-state index < -0.39 is 0 Å². The van der Waals surface area contributed by atoms with Crippen molar-refractivity contribution in [2.24, 2.45) is 0 Å². The van der Waals surface area contributed by atoms with Gasteiger partial charge in [-0.25, -0.2) is 4.98 Å². The van der Waals surface area contributed by atoms with E-state index >= 15 is 0 Å². The molecular weight excluding hydrogens is 250 g/mol. The zero-order valence-electron chi connectivity index (χ0n) is 10.7. The normalized spacial score (nSPS) is 20.3. The van der Waals surface area contributed by atoms with Crippen LogP contribution in [-0.4, -0.2) is 36.2 Å². The monoisotopic (exact) mass is 269 g/mol. The van der Waals surface area contributed by atoms with Crippen LogP contribution in [0, 0.1) is 0 Å². The molecule has 0 amide bonds. The van der Waals surface area contributed by atoms with Gasteiger partial charge in [-0.3, -0.25) is 4.90 Å². The molecule has 0 saturated carbocycles. The lowest BCUT2D eigenvalue weighted by molar-refractivity contribution is -0.00273. The minimum absolute atomic E-state index is 0.337. The second kappa shape index (κ2) is 6.36. The molecule has 0 radical (unpaired) electrons. The maximum absolute atomic E-state index is 6.11. The van der Waals surface area contributed by atoms with Crippen molar-refractivity contribution in [3.63, 3.8) is 0 Å². The van der Waals surface area contributed by atoms with Gasteiger partial charge < -0.3 is 10.5 Å². The van der Waals surface area contributed by atoms with Crippen LogP contribution in [0.4, 0.5) is 5.82 Å². The minimum atomic E-state index is 0.337. The van der Waals surface area contributed by atoms with E-state index in [-0.39, 0.29) is 0 Å². The molecule has 2 N–H and O–H groups in total. The number of nitrogens with zero attached hydrogens (tertiary/aromatic N) is 2. The lowest BCUT2D eigenvalue weighted by Gasteiger charge is -2.27. The van der Waals surface area contributed by atoms with Crippen molar-refractivity contribution in [1.82, 2.24) is 9.88 Å². The number of likely N-dealkylation sites (N-methyl/N-ethyl adjacent to an activating group) is 1. The van der Waals surface area contributed by atoms with Gasteiger partial charge in [0.1, 0.15) is 5.82 Å². The van der Waals surface area contributed by atoms with Crippen LogP contribution in [0.1, 0.15) is 25.0 Å². The van der Waals surface area contributed by atoms with Gasteiger partial charge in [0.25, 0.3) is 0 Å². The number of rotatable bonds is 4. The van der Waals surface area contributed by atoms with Gasteiger partial charge in [-0.15, -0.1) is 0 Å². The first-order valence-electron chi connectivity index (χ1n) is 6.36. The quantitative estimate of drug-likeness (QED) is 0.911. The van der Waals surface area contributed by atoms with E-state index in [1.54, 1.807) is 12.1 Å². The number of hydrogen-bond donors (Lipinski definition) is 1. The number of anilines is 1. The topological polar surface area (TPSA) is 51.4 Å². The maximum Gasteiger partial charge on any atom is 0.123 e. The Morgan fingerprint density at radius 3 is 3.06 bits per heavy atom. The van der Waals surface area contributed by atoms with E-state index in [1.807, 2.05) is 0 Å². The summed E-state index contributed by atoms with van der Waals surface area (Å²) in [6, 6.07) is 3.51. The molecule has 1 fully saturated rings. The second-order valence-electron chi connectivity index (χ2n) is 4.85. The Balaban J connectivity index is 1.89. The molecule has 1 aliphatic rings. The predicted molar refractivity (Wildman–Crippen MR) is 73.6 cm³/mol. The molecule has 1 aromatic heterocycles. The third kappa shape index (κ3) is 3.83. The molecule has 0 aliphatic carbocycles. The molecule has 0 spiro atoms. The van der Waals surface area contributed by atoms with Crippen molar-refractivity contribution in [3.8, 4) is 0 Å². The van der Waals surface area contributed by atoms with Crippen molar-refractivity contribution < 1.29 is 4.74 Å². The summed E-state index contributed by atoms with van der Waals surface area (Å²) in [5, 5.41) is 0.667. The van der Waals surface area contributed by atoms with Crippen LogP contribution in [0.3, 0.4) is 0 Å². The highest BCUT2D eigenvalue weighted by molar-refractivity contribution is 6.31. The fraction of sp³-hybridized carbons (Fsp3) is 0.615. The molecule has 18 heavy (non-hydrogen) atoms. The van der Waals surface area contributed by atoms with Gasteiger partial charge in [-0.2, -0.15) is 0 Å². The fourth-order valence-electron chi connectivity index (χ4n) is 2.23. The summed E-state index contributed by atoms with van der Waals surface area (Å²) >= 11 is 6.11. The molecule has 0 aromatic carbocycles. The van der Waals surface area contributed by atoms with Crippen LogP contribution < -0.4 is 5.73 Å². The Morgan fingerprint density at radius 2 is 2.33 bits per heavy atom. The number of pyridine rings is 1. The molecular formula is C13H20ClN3O. The summed E-state index contributed by atoms with van der Waals surface area (Å²) in [6.45, 7) is 2.49. The Hall–Kier alpha value is -0.840. The number of hydrogen-bond acceptors (Lipinski definition) is 4. The Labute approximate surface area is 113 Å². The highest BCUT2D eigenvalue weighted by Crippen LogP contribution is 2.18. The average molecular weight is 270 g/mol. The molecule has 5 heteroatoms. The molecule has 1 atom stereocenters. The number of halogens is 1. The summed E-state index contributed by atoms with van der Waals surface area (Å²) in [7, 11) is 2.05. The Morgan fingerprint density at radius 1 is 1.50 bits per heavy atom. The van der Waals surface area contributed by atoms with Gasteiger partial charge >= 0.3 is 0 Å². The number of aromatic nitrogens is 1. The van der Waals surface area contributed by atoms with Crippen LogP contribution in [0.2, 0.25) is 5.02 Å². The van der Waals surface area contributed by atoms with E-state index in [4.69, 9.17) is 22.1 Å². The van der Waals surface area contributed by atoms with Crippen molar-refractivity contribution >= 4 is 17.4 Å². The molecule has 100 valence electrons. The molecule has 4 nitrogen and oxygen atoms in total. The Kier molecular flexibility index (Phi) is 4.80. The average Bonchev–Trinajstić information content (AvgIpc) is 2.35. The third-order valence-electron chi connectivity index (χ3n) is 3.15. The molecule has 1 saturated heterocycles. The fourth-order valence-corrected chi connectivity index (χ4v) is 2.40. The van der Waals surface area contributed by atoms with Gasteiger partial charge in [0, 0.05) is 19.7 Å². The molecule has 1 unspecified atom stereocenters. The van der Waals surface area contributed by atoms with E-state index in [1.165, 1.54) is 12.8 Å². The summed E-state index contributed by atoms with van der Waals surface area (Å²) in [5.74, 6) is 0.511. The van der Waals surface area contributed by atoms with Crippen molar-refractivity contribution in [2.45, 2.75) is 31.9 Å². The molecule has 2 heterocycles. The highest BCUT2D eigenvalue weighted by Gasteiger charge is 2.16. The first-order chi connectivity index (χ1) is 8.65. The van der Waals surface area contributed by atoms with Gasteiger partial charge in [0.05, 0.1) is 16.8 Å². The summed E-state index contributed by atoms with van der Waals surface area (Å²) < 4.78 is 5.72. The summed E-state index contributed by atoms with van der Waals surface area (Å²) in [5.41, 5.74) is 6.50. The lowest BCUT2D eigenvalue weighted by atomic mass is 10.1. The summed E-state index contributed by atoms with van der Waals surface area (Å²) in [6.07, 6.45) is 3.92. The first kappa shape index (κ1) is 13.6. The molecule has 1 aliphatic heterocycles. The SMILES string of the molecule is CN(Cc1nc(N)ccc1Cl)CC1CCCCO1. The van der Waals surface area contributed by atoms with E-state index in [9.17, 15) is 0 Å². The molecule has 0 bridgehead atoms. The standard InChI is InChI=1S/C13H20ClN3O/c1-17(8-10-4-2-3-7-18-10)9-12-11(14)5-6-13(15)16-12/h5-6,10H,2-4,7-9H2,1H3,(H2,15,16). The van der Waals surface area contributed by atoms with Crippen LogP contribution in [0.15, 0.2) is 12.1 Å². The van der Waals surface area contributed by atoms with Crippen molar-refractivity contribution in [3.05, 3.63) is 22.8 Å².